The highest BCUT2D eigenvalue weighted by Gasteiger charge is 2.43. The van der Waals surface area contributed by atoms with E-state index in [9.17, 15) is 0 Å². The summed E-state index contributed by atoms with van der Waals surface area (Å²) in [6.45, 7) is 1.04. The van der Waals surface area contributed by atoms with Crippen molar-refractivity contribution in [3.63, 3.8) is 0 Å². The first kappa shape index (κ1) is 10.2. The molecule has 0 unspecified atom stereocenters. The van der Waals surface area contributed by atoms with Crippen molar-refractivity contribution in [2.24, 2.45) is 0 Å². The van der Waals surface area contributed by atoms with Gasteiger partial charge in [-0.2, -0.15) is 4.98 Å². The van der Waals surface area contributed by atoms with Crippen LogP contribution in [-0.2, 0) is 10.3 Å². The molecule has 1 saturated heterocycles. The molecule has 2 fully saturated rings. The van der Waals surface area contributed by atoms with Gasteiger partial charge in [0.1, 0.15) is 5.60 Å². The first-order chi connectivity index (χ1) is 7.84. The molecule has 0 spiro atoms. The maximum absolute atomic E-state index is 5.53. The molecule has 2 heterocycles. The van der Waals surface area contributed by atoms with Crippen molar-refractivity contribution in [3.05, 3.63) is 11.7 Å². The molecule has 16 heavy (non-hydrogen) atoms. The normalized spacial score (nSPS) is 27.9. The standard InChI is InChI=1S/C11H17N3O2/c1-15-11(5-3-6-11)10-13-9(16-14-10)8-4-2-7-12-8/h8,12H,2-7H2,1H3/t8-/m1/s1. The highest BCUT2D eigenvalue weighted by molar-refractivity contribution is 5.08. The molecule has 0 aromatic carbocycles. The lowest BCUT2D eigenvalue weighted by Gasteiger charge is -2.37. The van der Waals surface area contributed by atoms with Crippen LogP contribution in [0.3, 0.4) is 0 Å². The molecule has 1 aliphatic carbocycles. The van der Waals surface area contributed by atoms with Gasteiger partial charge in [0, 0.05) is 7.11 Å². The third-order valence-corrected chi connectivity index (χ3v) is 3.76. The Bertz CT molecular complexity index is 362. The molecule has 88 valence electrons. The fourth-order valence-electron chi connectivity index (χ4n) is 2.47. The van der Waals surface area contributed by atoms with Gasteiger partial charge in [-0.05, 0) is 38.6 Å². The zero-order valence-corrected chi connectivity index (χ0v) is 9.53. The van der Waals surface area contributed by atoms with Crippen molar-refractivity contribution >= 4 is 0 Å². The van der Waals surface area contributed by atoms with Crippen LogP contribution in [0.1, 0.15) is 49.9 Å². The molecule has 1 N–H and O–H groups in total. The molecule has 0 amide bonds. The Morgan fingerprint density at radius 1 is 1.44 bits per heavy atom. The fourth-order valence-corrected chi connectivity index (χ4v) is 2.47. The van der Waals surface area contributed by atoms with E-state index >= 15 is 0 Å². The minimum absolute atomic E-state index is 0.246. The molecule has 1 aromatic heterocycles. The number of ether oxygens (including phenoxy) is 1. The van der Waals surface area contributed by atoms with Crippen molar-refractivity contribution in [1.29, 1.82) is 0 Å². The predicted molar refractivity (Wildman–Crippen MR) is 56.8 cm³/mol. The van der Waals surface area contributed by atoms with Gasteiger partial charge in [-0.25, -0.2) is 0 Å². The Balaban J connectivity index is 1.81. The molecule has 0 bridgehead atoms. The second kappa shape index (κ2) is 3.82. The first-order valence-corrected chi connectivity index (χ1v) is 5.97. The number of aromatic nitrogens is 2. The van der Waals surface area contributed by atoms with Gasteiger partial charge < -0.3 is 14.6 Å². The van der Waals surface area contributed by atoms with Crippen molar-refractivity contribution in [3.8, 4) is 0 Å². The van der Waals surface area contributed by atoms with Crippen molar-refractivity contribution in [1.82, 2.24) is 15.5 Å². The summed E-state index contributed by atoms with van der Waals surface area (Å²) in [5.74, 6) is 1.45. The van der Waals surface area contributed by atoms with Gasteiger partial charge in [-0.15, -0.1) is 0 Å². The minimum Gasteiger partial charge on any atom is -0.370 e. The molecule has 2 aliphatic rings. The van der Waals surface area contributed by atoms with E-state index in [2.05, 4.69) is 15.5 Å². The van der Waals surface area contributed by atoms with Crippen LogP contribution in [0.4, 0.5) is 0 Å². The van der Waals surface area contributed by atoms with E-state index in [0.29, 0.717) is 0 Å². The Hall–Kier alpha value is -0.940. The van der Waals surface area contributed by atoms with Crippen LogP contribution in [0.5, 0.6) is 0 Å². The van der Waals surface area contributed by atoms with E-state index in [0.717, 1.165) is 37.5 Å². The summed E-state index contributed by atoms with van der Waals surface area (Å²) < 4.78 is 10.9. The van der Waals surface area contributed by atoms with Crippen LogP contribution >= 0.6 is 0 Å². The van der Waals surface area contributed by atoms with Crippen molar-refractivity contribution < 1.29 is 9.26 Å². The van der Waals surface area contributed by atoms with E-state index in [1.165, 1.54) is 12.8 Å². The van der Waals surface area contributed by atoms with E-state index in [1.54, 1.807) is 7.11 Å². The Kier molecular flexibility index (Phi) is 2.44. The van der Waals surface area contributed by atoms with Gasteiger partial charge in [0.05, 0.1) is 6.04 Å². The summed E-state index contributed by atoms with van der Waals surface area (Å²) in [7, 11) is 1.73. The Morgan fingerprint density at radius 3 is 2.88 bits per heavy atom. The lowest BCUT2D eigenvalue weighted by molar-refractivity contribution is -0.0858. The third-order valence-electron chi connectivity index (χ3n) is 3.76. The van der Waals surface area contributed by atoms with Crippen LogP contribution in [0.15, 0.2) is 4.52 Å². The number of methoxy groups -OCH3 is 1. The van der Waals surface area contributed by atoms with Crippen molar-refractivity contribution in [2.45, 2.75) is 43.7 Å². The van der Waals surface area contributed by atoms with Gasteiger partial charge in [0.25, 0.3) is 0 Å². The lowest BCUT2D eigenvalue weighted by Crippen LogP contribution is -2.37. The summed E-state index contributed by atoms with van der Waals surface area (Å²) in [6.07, 6.45) is 5.44. The summed E-state index contributed by atoms with van der Waals surface area (Å²) in [4.78, 5) is 4.49. The smallest absolute Gasteiger partial charge is 0.243 e. The van der Waals surface area contributed by atoms with E-state index < -0.39 is 0 Å². The minimum atomic E-state index is -0.264. The molecule has 5 heteroatoms. The molecule has 1 aliphatic heterocycles. The number of nitrogens with zero attached hydrogens (tertiary/aromatic N) is 2. The highest BCUT2D eigenvalue weighted by atomic mass is 16.5. The maximum atomic E-state index is 5.53. The van der Waals surface area contributed by atoms with Gasteiger partial charge in [-0.1, -0.05) is 5.16 Å². The average molecular weight is 223 g/mol. The summed E-state index contributed by atoms with van der Waals surface area (Å²) in [6, 6.07) is 0.246. The molecule has 1 saturated carbocycles. The lowest BCUT2D eigenvalue weighted by atomic mass is 9.79. The molecule has 1 atom stereocenters. The van der Waals surface area contributed by atoms with Crippen LogP contribution in [0, 0.1) is 0 Å². The van der Waals surface area contributed by atoms with E-state index in [-0.39, 0.29) is 11.6 Å². The van der Waals surface area contributed by atoms with Crippen molar-refractivity contribution in [2.75, 3.05) is 13.7 Å². The molecule has 1 aromatic rings. The Morgan fingerprint density at radius 2 is 2.31 bits per heavy atom. The summed E-state index contributed by atoms with van der Waals surface area (Å²) in [5.41, 5.74) is -0.264. The molecule has 5 nitrogen and oxygen atoms in total. The van der Waals surface area contributed by atoms with Crippen LogP contribution in [0.2, 0.25) is 0 Å². The number of hydrogen-bond donors (Lipinski definition) is 1. The molecular formula is C11H17N3O2. The number of hydrogen-bond acceptors (Lipinski definition) is 5. The monoisotopic (exact) mass is 223 g/mol. The predicted octanol–water partition coefficient (Wildman–Crippen LogP) is 1.52. The maximum Gasteiger partial charge on any atom is 0.243 e. The van der Waals surface area contributed by atoms with Crippen LogP contribution in [0.25, 0.3) is 0 Å². The highest BCUT2D eigenvalue weighted by Crippen LogP contribution is 2.43. The molecular weight excluding hydrogens is 206 g/mol. The van der Waals surface area contributed by atoms with Crippen LogP contribution in [-0.4, -0.2) is 23.8 Å². The van der Waals surface area contributed by atoms with Gasteiger partial charge >= 0.3 is 0 Å². The fraction of sp³-hybridized carbons (Fsp3) is 0.818. The first-order valence-electron chi connectivity index (χ1n) is 5.97. The van der Waals surface area contributed by atoms with Crippen LogP contribution < -0.4 is 5.32 Å². The summed E-state index contributed by atoms with van der Waals surface area (Å²) in [5, 5.41) is 7.43. The largest absolute Gasteiger partial charge is 0.370 e. The number of rotatable bonds is 3. The third kappa shape index (κ3) is 1.46. The Labute approximate surface area is 94.6 Å². The average Bonchev–Trinajstić information content (AvgIpc) is 2.86. The second-order valence-electron chi connectivity index (χ2n) is 4.66. The topological polar surface area (TPSA) is 60.2 Å². The SMILES string of the molecule is COC1(c2noc([C@H]3CCCN3)n2)CCC1. The quantitative estimate of drug-likeness (QED) is 0.841. The molecule has 3 rings (SSSR count). The number of nitrogens with one attached hydrogen (secondary N) is 1. The van der Waals surface area contributed by atoms with E-state index in [1.807, 2.05) is 0 Å². The second-order valence-corrected chi connectivity index (χ2v) is 4.66. The van der Waals surface area contributed by atoms with E-state index in [4.69, 9.17) is 9.26 Å². The van der Waals surface area contributed by atoms with Gasteiger partial charge in [-0.3, -0.25) is 0 Å². The van der Waals surface area contributed by atoms with Gasteiger partial charge in [0.2, 0.25) is 11.7 Å². The summed E-state index contributed by atoms with van der Waals surface area (Å²) >= 11 is 0. The molecule has 0 radical (unpaired) electrons. The zero-order chi connectivity index (χ0) is 11.0. The van der Waals surface area contributed by atoms with Gasteiger partial charge in [0.15, 0.2) is 0 Å². The zero-order valence-electron chi connectivity index (χ0n) is 9.53.